The molecule has 2 aliphatic heterocycles. The molecular formula is C18H22FN3O3. The van der Waals surface area contributed by atoms with E-state index in [0.717, 1.165) is 0 Å². The van der Waals surface area contributed by atoms with Crippen molar-refractivity contribution in [3.8, 4) is 0 Å². The standard InChI is InChI=1S/C18H22FN3O3/c1-11-6-7-12(17(20)24)9-21(11)18(25)13-8-16(23)22(10-13)15-5-3-2-4-14(15)19/h2-5,11-13H,6-10H2,1H3,(H2,20,24)/t11-,12+,13-/m1/s1. The summed E-state index contributed by atoms with van der Waals surface area (Å²) in [6, 6.07) is 6.04. The zero-order valence-electron chi connectivity index (χ0n) is 14.2. The molecule has 2 aliphatic rings. The molecule has 2 N–H and O–H groups in total. The number of hydrogen-bond acceptors (Lipinski definition) is 3. The van der Waals surface area contributed by atoms with Crippen LogP contribution in [0.3, 0.4) is 0 Å². The summed E-state index contributed by atoms with van der Waals surface area (Å²) in [5, 5.41) is 0. The number of carbonyl (C=O) groups excluding carboxylic acids is 3. The molecule has 0 saturated carbocycles. The molecule has 1 aromatic carbocycles. The highest BCUT2D eigenvalue weighted by molar-refractivity contribution is 6.00. The zero-order valence-corrected chi connectivity index (χ0v) is 14.2. The zero-order chi connectivity index (χ0) is 18.1. The van der Waals surface area contributed by atoms with Gasteiger partial charge in [0.2, 0.25) is 17.7 Å². The van der Waals surface area contributed by atoms with E-state index in [0.29, 0.717) is 19.4 Å². The summed E-state index contributed by atoms with van der Waals surface area (Å²) >= 11 is 0. The normalized spacial score (nSPS) is 26.8. The van der Waals surface area contributed by atoms with E-state index in [1.54, 1.807) is 17.0 Å². The van der Waals surface area contributed by atoms with Gasteiger partial charge in [0.25, 0.3) is 0 Å². The predicted octanol–water partition coefficient (Wildman–Crippen LogP) is 1.29. The second kappa shape index (κ2) is 6.82. The Morgan fingerprint density at radius 3 is 2.56 bits per heavy atom. The Balaban J connectivity index is 1.74. The van der Waals surface area contributed by atoms with Crippen molar-refractivity contribution < 1.29 is 18.8 Å². The van der Waals surface area contributed by atoms with Gasteiger partial charge in [0.1, 0.15) is 5.82 Å². The SMILES string of the molecule is C[C@@H]1CC[C@H](C(N)=O)CN1C(=O)[C@@H]1CC(=O)N(c2ccccc2F)C1. The smallest absolute Gasteiger partial charge is 0.228 e. The van der Waals surface area contributed by atoms with Crippen molar-refractivity contribution in [2.45, 2.75) is 32.2 Å². The maximum atomic E-state index is 14.0. The van der Waals surface area contributed by atoms with Gasteiger partial charge in [0.05, 0.1) is 17.5 Å². The summed E-state index contributed by atoms with van der Waals surface area (Å²) in [5.74, 6) is -2.18. The molecule has 0 spiro atoms. The first-order valence-corrected chi connectivity index (χ1v) is 8.53. The Morgan fingerprint density at radius 1 is 1.16 bits per heavy atom. The maximum Gasteiger partial charge on any atom is 0.228 e. The molecule has 3 rings (SSSR count). The summed E-state index contributed by atoms with van der Waals surface area (Å²) in [7, 11) is 0. The predicted molar refractivity (Wildman–Crippen MR) is 90.0 cm³/mol. The van der Waals surface area contributed by atoms with Crippen molar-refractivity contribution in [1.29, 1.82) is 0 Å². The van der Waals surface area contributed by atoms with Gasteiger partial charge in [-0.15, -0.1) is 0 Å². The number of rotatable bonds is 3. The molecule has 1 aromatic rings. The minimum Gasteiger partial charge on any atom is -0.369 e. The fourth-order valence-electron chi connectivity index (χ4n) is 3.66. The molecule has 3 amide bonds. The van der Waals surface area contributed by atoms with Crippen molar-refractivity contribution in [2.24, 2.45) is 17.6 Å². The molecule has 2 saturated heterocycles. The molecule has 134 valence electrons. The molecular weight excluding hydrogens is 325 g/mol. The summed E-state index contributed by atoms with van der Waals surface area (Å²) in [5.41, 5.74) is 5.58. The van der Waals surface area contributed by atoms with Crippen LogP contribution in [0.1, 0.15) is 26.2 Å². The van der Waals surface area contributed by atoms with Crippen LogP contribution in [0.2, 0.25) is 0 Å². The number of benzene rings is 1. The number of piperidine rings is 1. The van der Waals surface area contributed by atoms with E-state index in [2.05, 4.69) is 0 Å². The molecule has 6 nitrogen and oxygen atoms in total. The molecule has 0 radical (unpaired) electrons. The summed E-state index contributed by atoms with van der Waals surface area (Å²) in [4.78, 5) is 39.6. The average molecular weight is 347 g/mol. The van der Waals surface area contributed by atoms with E-state index in [1.165, 1.54) is 17.0 Å². The van der Waals surface area contributed by atoms with Gasteiger partial charge in [-0.25, -0.2) is 4.39 Å². The van der Waals surface area contributed by atoms with Gasteiger partial charge >= 0.3 is 0 Å². The first-order chi connectivity index (χ1) is 11.9. The molecule has 0 bridgehead atoms. The summed E-state index contributed by atoms with van der Waals surface area (Å²) in [6.45, 7) is 2.38. The quantitative estimate of drug-likeness (QED) is 0.894. The molecule has 25 heavy (non-hydrogen) atoms. The minimum atomic E-state index is -0.527. The average Bonchev–Trinajstić information content (AvgIpc) is 2.96. The number of anilines is 1. The van der Waals surface area contributed by atoms with Gasteiger partial charge in [0.15, 0.2) is 0 Å². The third-order valence-corrected chi connectivity index (χ3v) is 5.19. The van der Waals surface area contributed by atoms with Gasteiger partial charge < -0.3 is 15.5 Å². The van der Waals surface area contributed by atoms with Crippen molar-refractivity contribution in [2.75, 3.05) is 18.0 Å². The van der Waals surface area contributed by atoms with Crippen molar-refractivity contribution >= 4 is 23.4 Å². The Hall–Kier alpha value is -2.44. The molecule has 7 heteroatoms. The molecule has 0 aliphatic carbocycles. The number of likely N-dealkylation sites (tertiary alicyclic amines) is 1. The van der Waals surface area contributed by atoms with Gasteiger partial charge in [0, 0.05) is 25.6 Å². The van der Waals surface area contributed by atoms with Crippen LogP contribution in [0.4, 0.5) is 10.1 Å². The third-order valence-electron chi connectivity index (χ3n) is 5.19. The maximum absolute atomic E-state index is 14.0. The Labute approximate surface area is 145 Å². The van der Waals surface area contributed by atoms with E-state index in [-0.39, 0.29) is 42.4 Å². The molecule has 0 unspecified atom stereocenters. The number of hydrogen-bond donors (Lipinski definition) is 1. The lowest BCUT2D eigenvalue weighted by molar-refractivity contribution is -0.141. The number of amides is 3. The Kier molecular flexibility index (Phi) is 4.74. The van der Waals surface area contributed by atoms with Gasteiger partial charge in [-0.3, -0.25) is 14.4 Å². The highest BCUT2D eigenvalue weighted by Crippen LogP contribution is 2.30. The Bertz CT molecular complexity index is 709. The van der Waals surface area contributed by atoms with Gasteiger partial charge in [-0.1, -0.05) is 12.1 Å². The van der Waals surface area contributed by atoms with Crippen LogP contribution in [0.15, 0.2) is 24.3 Å². The monoisotopic (exact) mass is 347 g/mol. The molecule has 3 atom stereocenters. The number of nitrogens with zero attached hydrogens (tertiary/aromatic N) is 2. The summed E-state index contributed by atoms with van der Waals surface area (Å²) in [6.07, 6.45) is 1.43. The minimum absolute atomic E-state index is 0.000661. The lowest BCUT2D eigenvalue weighted by atomic mass is 9.91. The van der Waals surface area contributed by atoms with Gasteiger partial charge in [-0.05, 0) is 31.9 Å². The molecule has 2 heterocycles. The van der Waals surface area contributed by atoms with Crippen LogP contribution in [0, 0.1) is 17.7 Å². The van der Waals surface area contributed by atoms with Gasteiger partial charge in [-0.2, -0.15) is 0 Å². The third kappa shape index (κ3) is 3.36. The largest absolute Gasteiger partial charge is 0.369 e. The highest BCUT2D eigenvalue weighted by atomic mass is 19.1. The lowest BCUT2D eigenvalue weighted by Gasteiger charge is -2.38. The van der Waals surface area contributed by atoms with E-state index < -0.39 is 17.6 Å². The lowest BCUT2D eigenvalue weighted by Crippen LogP contribution is -2.50. The Morgan fingerprint density at radius 2 is 1.88 bits per heavy atom. The van der Waals surface area contributed by atoms with E-state index in [9.17, 15) is 18.8 Å². The first-order valence-electron chi connectivity index (χ1n) is 8.53. The highest BCUT2D eigenvalue weighted by Gasteiger charge is 2.41. The molecule has 2 fully saturated rings. The van der Waals surface area contributed by atoms with Crippen LogP contribution in [0.5, 0.6) is 0 Å². The van der Waals surface area contributed by atoms with Crippen molar-refractivity contribution in [1.82, 2.24) is 4.90 Å². The molecule has 0 aromatic heterocycles. The van der Waals surface area contributed by atoms with E-state index >= 15 is 0 Å². The summed E-state index contributed by atoms with van der Waals surface area (Å²) < 4.78 is 14.0. The van der Waals surface area contributed by atoms with Crippen LogP contribution in [-0.2, 0) is 14.4 Å². The number of nitrogens with two attached hydrogens (primary N) is 1. The number of para-hydroxylation sites is 1. The van der Waals surface area contributed by atoms with E-state index in [1.807, 2.05) is 6.92 Å². The van der Waals surface area contributed by atoms with Crippen LogP contribution in [0.25, 0.3) is 0 Å². The fourth-order valence-corrected chi connectivity index (χ4v) is 3.66. The first kappa shape index (κ1) is 17.4. The number of primary amides is 1. The second-order valence-electron chi connectivity index (χ2n) is 6.87. The van der Waals surface area contributed by atoms with Crippen LogP contribution < -0.4 is 10.6 Å². The van der Waals surface area contributed by atoms with Crippen LogP contribution >= 0.6 is 0 Å². The van der Waals surface area contributed by atoms with Crippen LogP contribution in [-0.4, -0.2) is 41.8 Å². The fraction of sp³-hybridized carbons (Fsp3) is 0.500. The van der Waals surface area contributed by atoms with Crippen molar-refractivity contribution in [3.05, 3.63) is 30.1 Å². The topological polar surface area (TPSA) is 83.7 Å². The number of carbonyl (C=O) groups is 3. The van der Waals surface area contributed by atoms with Crippen molar-refractivity contribution in [3.63, 3.8) is 0 Å². The van der Waals surface area contributed by atoms with E-state index in [4.69, 9.17) is 5.73 Å². The number of halogens is 1. The second-order valence-corrected chi connectivity index (χ2v) is 6.87.